The van der Waals surface area contributed by atoms with Crippen molar-refractivity contribution in [3.05, 3.63) is 69.2 Å². The molecule has 0 amide bonds. The maximum atomic E-state index is 11.6. The number of nitrogens with zero attached hydrogens (tertiary/aromatic N) is 1. The van der Waals surface area contributed by atoms with E-state index in [2.05, 4.69) is 22.0 Å². The molecule has 0 atom stereocenters. The summed E-state index contributed by atoms with van der Waals surface area (Å²) in [7, 11) is 0. The zero-order chi connectivity index (χ0) is 15.2. The van der Waals surface area contributed by atoms with Crippen molar-refractivity contribution < 1.29 is 9.53 Å². The average molecular weight is 344 g/mol. The average Bonchev–Trinajstić information content (AvgIpc) is 2.50. The molecular formula is C17H14BrNO2. The monoisotopic (exact) mass is 343 g/mol. The molecule has 2 rings (SSSR count). The molecule has 0 saturated carbocycles. The second-order valence-corrected chi connectivity index (χ2v) is 5.42. The number of esters is 1. The van der Waals surface area contributed by atoms with Crippen LogP contribution in [0.4, 0.5) is 0 Å². The highest BCUT2D eigenvalue weighted by Gasteiger charge is 2.07. The van der Waals surface area contributed by atoms with Crippen LogP contribution in [0.3, 0.4) is 0 Å². The first-order valence-corrected chi connectivity index (χ1v) is 7.38. The number of halogens is 1. The fourth-order valence-electron chi connectivity index (χ4n) is 2.00. The van der Waals surface area contributed by atoms with Gasteiger partial charge in [0.1, 0.15) is 0 Å². The lowest BCUT2D eigenvalue weighted by Gasteiger charge is -2.06. The second-order valence-electron chi connectivity index (χ2n) is 4.51. The van der Waals surface area contributed by atoms with E-state index in [9.17, 15) is 4.79 Å². The predicted molar refractivity (Wildman–Crippen MR) is 84.1 cm³/mol. The molecule has 4 heteroatoms. The van der Waals surface area contributed by atoms with Crippen molar-refractivity contribution in [1.82, 2.24) is 0 Å². The van der Waals surface area contributed by atoms with Crippen molar-refractivity contribution in [2.75, 3.05) is 6.61 Å². The Morgan fingerprint density at radius 3 is 2.57 bits per heavy atom. The minimum absolute atomic E-state index is 0.314. The summed E-state index contributed by atoms with van der Waals surface area (Å²) in [4.78, 5) is 11.6. The minimum Gasteiger partial charge on any atom is -0.462 e. The van der Waals surface area contributed by atoms with E-state index in [1.807, 2.05) is 30.3 Å². The molecule has 0 fully saturated rings. The third-order valence-corrected chi connectivity index (χ3v) is 3.55. The van der Waals surface area contributed by atoms with E-state index in [-0.39, 0.29) is 5.97 Å². The molecule has 21 heavy (non-hydrogen) atoms. The Kier molecular flexibility index (Phi) is 5.13. The molecule has 0 radical (unpaired) electrons. The van der Waals surface area contributed by atoms with Crippen molar-refractivity contribution in [3.63, 3.8) is 0 Å². The number of hydrogen-bond donors (Lipinski definition) is 0. The van der Waals surface area contributed by atoms with Crippen LogP contribution in [-0.2, 0) is 11.2 Å². The van der Waals surface area contributed by atoms with Gasteiger partial charge >= 0.3 is 5.97 Å². The first kappa shape index (κ1) is 15.3. The lowest BCUT2D eigenvalue weighted by atomic mass is 10.00. The molecule has 0 aliphatic carbocycles. The first-order chi connectivity index (χ1) is 10.1. The van der Waals surface area contributed by atoms with Gasteiger partial charge in [-0.25, -0.2) is 4.79 Å². The lowest BCUT2D eigenvalue weighted by molar-refractivity contribution is 0.0526. The van der Waals surface area contributed by atoms with Crippen LogP contribution in [0.15, 0.2) is 46.9 Å². The maximum Gasteiger partial charge on any atom is 0.338 e. The molecule has 0 bridgehead atoms. The molecule has 0 spiro atoms. The molecule has 0 saturated heterocycles. The summed E-state index contributed by atoms with van der Waals surface area (Å²) in [5, 5.41) is 9.16. The summed E-state index contributed by atoms with van der Waals surface area (Å²) in [6, 6.07) is 15.1. The van der Waals surface area contributed by atoms with E-state index in [4.69, 9.17) is 10.00 Å². The summed E-state index contributed by atoms with van der Waals surface area (Å²) in [6.45, 7) is 2.15. The lowest BCUT2D eigenvalue weighted by Crippen LogP contribution is -2.04. The van der Waals surface area contributed by atoms with Gasteiger partial charge in [-0.3, -0.25) is 0 Å². The van der Waals surface area contributed by atoms with Gasteiger partial charge in [0.05, 0.1) is 23.8 Å². The zero-order valence-electron chi connectivity index (χ0n) is 11.6. The Bertz CT molecular complexity index is 687. The van der Waals surface area contributed by atoms with E-state index in [1.165, 1.54) is 0 Å². The van der Waals surface area contributed by atoms with Crippen LogP contribution in [0.25, 0.3) is 0 Å². The van der Waals surface area contributed by atoms with Gasteiger partial charge in [-0.05, 0) is 48.7 Å². The van der Waals surface area contributed by atoms with E-state index in [1.54, 1.807) is 19.1 Å². The summed E-state index contributed by atoms with van der Waals surface area (Å²) >= 11 is 3.36. The predicted octanol–water partition coefficient (Wildman–Crippen LogP) is 4.09. The van der Waals surface area contributed by atoms with E-state index >= 15 is 0 Å². The van der Waals surface area contributed by atoms with Gasteiger partial charge in [-0.2, -0.15) is 5.26 Å². The number of carbonyl (C=O) groups is 1. The minimum atomic E-state index is -0.314. The van der Waals surface area contributed by atoms with Crippen LogP contribution in [0.1, 0.15) is 34.0 Å². The SMILES string of the molecule is CCOC(=O)c1ccc(Cc2ccc(Br)cc2C#N)cc1. The fraction of sp³-hybridized carbons (Fsp3) is 0.176. The van der Waals surface area contributed by atoms with E-state index in [0.717, 1.165) is 15.6 Å². The molecule has 0 aromatic heterocycles. The van der Waals surface area contributed by atoms with Crippen LogP contribution in [0, 0.1) is 11.3 Å². The molecule has 0 N–H and O–H groups in total. The van der Waals surface area contributed by atoms with Gasteiger partial charge in [0.2, 0.25) is 0 Å². The van der Waals surface area contributed by atoms with Gasteiger partial charge in [-0.15, -0.1) is 0 Å². The molecule has 0 aliphatic heterocycles. The number of nitriles is 1. The van der Waals surface area contributed by atoms with Crippen LogP contribution in [0.5, 0.6) is 0 Å². The molecule has 106 valence electrons. The Hall–Kier alpha value is -2.12. The quantitative estimate of drug-likeness (QED) is 0.785. The van der Waals surface area contributed by atoms with Crippen molar-refractivity contribution in [2.24, 2.45) is 0 Å². The standard InChI is InChI=1S/C17H14BrNO2/c1-2-21-17(20)13-5-3-12(4-6-13)9-14-7-8-16(18)10-15(14)11-19/h3-8,10H,2,9H2,1H3. The van der Waals surface area contributed by atoms with Gasteiger partial charge in [-0.1, -0.05) is 34.1 Å². The van der Waals surface area contributed by atoms with Gasteiger partial charge in [0.25, 0.3) is 0 Å². The summed E-state index contributed by atoms with van der Waals surface area (Å²) in [5.74, 6) is -0.314. The van der Waals surface area contributed by atoms with Gasteiger partial charge in [0, 0.05) is 4.47 Å². The normalized spacial score (nSPS) is 9.95. The highest BCUT2D eigenvalue weighted by Crippen LogP contribution is 2.19. The first-order valence-electron chi connectivity index (χ1n) is 6.58. The Balaban J connectivity index is 2.18. The van der Waals surface area contributed by atoms with Crippen LogP contribution >= 0.6 is 15.9 Å². The molecule has 0 aliphatic rings. The summed E-state index contributed by atoms with van der Waals surface area (Å²) < 4.78 is 5.84. The molecule has 0 unspecified atom stereocenters. The molecule has 2 aromatic carbocycles. The smallest absolute Gasteiger partial charge is 0.338 e. The summed E-state index contributed by atoms with van der Waals surface area (Å²) in [6.07, 6.45) is 0.652. The number of rotatable bonds is 4. The summed E-state index contributed by atoms with van der Waals surface area (Å²) in [5.41, 5.74) is 3.20. The highest BCUT2D eigenvalue weighted by atomic mass is 79.9. The number of carbonyl (C=O) groups excluding carboxylic acids is 1. The second kappa shape index (κ2) is 7.05. The van der Waals surface area contributed by atoms with Crippen molar-refractivity contribution >= 4 is 21.9 Å². The zero-order valence-corrected chi connectivity index (χ0v) is 13.2. The van der Waals surface area contributed by atoms with Crippen molar-refractivity contribution in [1.29, 1.82) is 5.26 Å². The van der Waals surface area contributed by atoms with Crippen LogP contribution in [0.2, 0.25) is 0 Å². The Morgan fingerprint density at radius 1 is 1.24 bits per heavy atom. The number of ether oxygens (including phenoxy) is 1. The topological polar surface area (TPSA) is 50.1 Å². The maximum absolute atomic E-state index is 11.6. The fourth-order valence-corrected chi connectivity index (χ4v) is 2.36. The van der Waals surface area contributed by atoms with Crippen LogP contribution < -0.4 is 0 Å². The Morgan fingerprint density at radius 2 is 1.95 bits per heavy atom. The van der Waals surface area contributed by atoms with Crippen molar-refractivity contribution in [2.45, 2.75) is 13.3 Å². The largest absolute Gasteiger partial charge is 0.462 e. The highest BCUT2D eigenvalue weighted by molar-refractivity contribution is 9.10. The molecular weight excluding hydrogens is 330 g/mol. The van der Waals surface area contributed by atoms with E-state index < -0.39 is 0 Å². The van der Waals surface area contributed by atoms with E-state index in [0.29, 0.717) is 24.2 Å². The third-order valence-electron chi connectivity index (χ3n) is 3.05. The number of hydrogen-bond acceptors (Lipinski definition) is 3. The van der Waals surface area contributed by atoms with Gasteiger partial charge < -0.3 is 4.74 Å². The number of benzene rings is 2. The molecule has 0 heterocycles. The third kappa shape index (κ3) is 3.93. The van der Waals surface area contributed by atoms with Crippen molar-refractivity contribution in [3.8, 4) is 6.07 Å². The van der Waals surface area contributed by atoms with Gasteiger partial charge in [0.15, 0.2) is 0 Å². The van der Waals surface area contributed by atoms with Crippen LogP contribution in [-0.4, -0.2) is 12.6 Å². The molecule has 2 aromatic rings. The Labute approximate surface area is 132 Å². The molecule has 3 nitrogen and oxygen atoms in total.